The molecule has 108 valence electrons. The first kappa shape index (κ1) is 16.5. The van der Waals surface area contributed by atoms with Crippen LogP contribution in [-0.2, 0) is 29.0 Å². The van der Waals surface area contributed by atoms with E-state index in [4.69, 9.17) is 11.6 Å². The number of carbonyl (C=O) groups excluding carboxylic acids is 1. The predicted octanol–water partition coefficient (Wildman–Crippen LogP) is 2.14. The van der Waals surface area contributed by atoms with Crippen molar-refractivity contribution in [1.29, 1.82) is 0 Å². The maximum absolute atomic E-state index is 11.2. The van der Waals surface area contributed by atoms with Crippen molar-refractivity contribution in [3.8, 4) is 0 Å². The fourth-order valence-corrected chi connectivity index (χ4v) is 2.47. The fourth-order valence-electron chi connectivity index (χ4n) is 1.71. The largest absolute Gasteiger partial charge is 0.468 e. The highest BCUT2D eigenvalue weighted by atomic mass is 79.9. The summed E-state index contributed by atoms with van der Waals surface area (Å²) in [6, 6.07) is 0. The van der Waals surface area contributed by atoms with Crippen LogP contribution < -0.4 is 5.32 Å². The number of hydrogen-bond acceptors (Lipinski definition) is 4. The van der Waals surface area contributed by atoms with Gasteiger partial charge in [0.25, 0.3) is 0 Å². The van der Waals surface area contributed by atoms with E-state index in [9.17, 15) is 4.79 Å². The molecule has 0 aliphatic heterocycles. The Morgan fingerprint density at radius 2 is 2.26 bits per heavy atom. The van der Waals surface area contributed by atoms with E-state index in [1.165, 1.54) is 7.11 Å². The summed E-state index contributed by atoms with van der Waals surface area (Å²) in [7, 11) is 1.37. The van der Waals surface area contributed by atoms with Gasteiger partial charge in [0.1, 0.15) is 4.83 Å². The van der Waals surface area contributed by atoms with Gasteiger partial charge in [0, 0.05) is 19.6 Å². The van der Waals surface area contributed by atoms with E-state index < -0.39 is 0 Å². The van der Waals surface area contributed by atoms with E-state index in [0.29, 0.717) is 18.1 Å². The average Bonchev–Trinajstić information content (AvgIpc) is 2.74. The minimum absolute atomic E-state index is 0.295. The molecule has 1 aromatic rings. The summed E-state index contributed by atoms with van der Waals surface area (Å²) >= 11 is 9.54. The molecule has 0 saturated carbocycles. The first-order valence-electron chi connectivity index (χ1n) is 6.21. The van der Waals surface area contributed by atoms with Crippen molar-refractivity contribution in [3.63, 3.8) is 0 Å². The van der Waals surface area contributed by atoms with Gasteiger partial charge in [-0.25, -0.2) is 0 Å². The molecule has 0 amide bonds. The topological polar surface area (TPSA) is 56.2 Å². The summed E-state index contributed by atoms with van der Waals surface area (Å²) in [6.45, 7) is 5.86. The lowest BCUT2D eigenvalue weighted by Gasteiger charge is -2.10. The van der Waals surface area contributed by atoms with Crippen LogP contribution in [0.4, 0.5) is 0 Å². The molecule has 0 aliphatic carbocycles. The van der Waals surface area contributed by atoms with E-state index in [1.807, 2.05) is 18.5 Å². The van der Waals surface area contributed by atoms with Gasteiger partial charge in [0.2, 0.25) is 0 Å². The second-order valence-electron chi connectivity index (χ2n) is 4.00. The highest BCUT2D eigenvalue weighted by molar-refractivity contribution is 9.10. The highest BCUT2D eigenvalue weighted by Crippen LogP contribution is 2.21. The van der Waals surface area contributed by atoms with Crippen LogP contribution in [0.2, 0.25) is 5.02 Å². The number of ether oxygens (including phenoxy) is 1. The van der Waals surface area contributed by atoms with Crippen molar-refractivity contribution < 1.29 is 9.53 Å². The Morgan fingerprint density at radius 1 is 1.58 bits per heavy atom. The predicted molar refractivity (Wildman–Crippen MR) is 78.7 cm³/mol. The van der Waals surface area contributed by atoms with Gasteiger partial charge in [0.15, 0.2) is 0 Å². The van der Waals surface area contributed by atoms with E-state index in [2.05, 4.69) is 31.1 Å². The Labute approximate surface area is 126 Å². The monoisotopic (exact) mass is 351 g/mol. The average molecular weight is 353 g/mol. The smallest absolute Gasteiger partial charge is 0.320 e. The van der Waals surface area contributed by atoms with Crippen molar-refractivity contribution in [1.82, 2.24) is 15.1 Å². The molecule has 19 heavy (non-hydrogen) atoms. The summed E-state index contributed by atoms with van der Waals surface area (Å²) in [5, 5.41) is 8.32. The number of methoxy groups -OCH3 is 1. The summed E-state index contributed by atoms with van der Waals surface area (Å²) in [5.74, 6) is -0.295. The number of esters is 1. The zero-order valence-corrected chi connectivity index (χ0v) is 13.7. The van der Waals surface area contributed by atoms with Crippen molar-refractivity contribution in [2.75, 3.05) is 13.7 Å². The fraction of sp³-hybridized carbons (Fsp3) is 0.667. The van der Waals surface area contributed by atoms with Gasteiger partial charge >= 0.3 is 5.97 Å². The number of hydrogen-bond donors (Lipinski definition) is 1. The van der Waals surface area contributed by atoms with Crippen molar-refractivity contribution in [2.45, 2.75) is 38.2 Å². The van der Waals surface area contributed by atoms with Crippen LogP contribution in [0.15, 0.2) is 0 Å². The number of nitrogens with zero attached hydrogens (tertiary/aromatic N) is 2. The molecule has 0 bridgehead atoms. The molecular formula is C12H19BrClN3O2. The van der Waals surface area contributed by atoms with Gasteiger partial charge in [-0.15, -0.1) is 0 Å². The molecular weight excluding hydrogens is 334 g/mol. The summed E-state index contributed by atoms with van der Waals surface area (Å²) < 4.78 is 6.52. The van der Waals surface area contributed by atoms with E-state index >= 15 is 0 Å². The lowest BCUT2D eigenvalue weighted by molar-refractivity contribution is -0.139. The van der Waals surface area contributed by atoms with Gasteiger partial charge in [0.05, 0.1) is 23.5 Å². The standard InChI is InChI=1S/C12H19BrClN3O2/c1-4-9-11(14)10(17(5-2)16-9)7-15-6-8(13)12(18)19-3/h8,15H,4-7H2,1-3H3. The quantitative estimate of drug-likeness (QED) is 0.603. The molecule has 5 nitrogen and oxygen atoms in total. The third-order valence-electron chi connectivity index (χ3n) is 2.77. The van der Waals surface area contributed by atoms with Crippen LogP contribution in [0, 0.1) is 0 Å². The lowest BCUT2D eigenvalue weighted by atomic mass is 10.3. The van der Waals surface area contributed by atoms with E-state index in [1.54, 1.807) is 0 Å². The molecule has 1 unspecified atom stereocenters. The molecule has 0 aromatic carbocycles. The van der Waals surface area contributed by atoms with E-state index in [0.717, 1.165) is 24.4 Å². The minimum atomic E-state index is -0.361. The number of nitrogens with one attached hydrogen (secondary N) is 1. The third-order valence-corrected chi connectivity index (χ3v) is 3.90. The molecule has 1 atom stereocenters. The number of aromatic nitrogens is 2. The van der Waals surface area contributed by atoms with Gasteiger partial charge in [-0.3, -0.25) is 9.48 Å². The zero-order chi connectivity index (χ0) is 14.4. The molecule has 7 heteroatoms. The number of rotatable bonds is 7. The first-order valence-corrected chi connectivity index (χ1v) is 7.51. The zero-order valence-electron chi connectivity index (χ0n) is 11.4. The van der Waals surface area contributed by atoms with Gasteiger partial charge in [-0.1, -0.05) is 34.5 Å². The normalized spacial score (nSPS) is 12.5. The molecule has 1 aromatic heterocycles. The van der Waals surface area contributed by atoms with Crippen molar-refractivity contribution in [2.24, 2.45) is 0 Å². The van der Waals surface area contributed by atoms with Gasteiger partial charge in [-0.05, 0) is 13.3 Å². The Morgan fingerprint density at radius 3 is 2.79 bits per heavy atom. The van der Waals surface area contributed by atoms with Crippen LogP contribution in [-0.4, -0.2) is 34.2 Å². The van der Waals surface area contributed by atoms with Gasteiger partial charge < -0.3 is 10.1 Å². The molecule has 0 radical (unpaired) electrons. The SMILES string of the molecule is CCc1nn(CC)c(CNCC(Br)C(=O)OC)c1Cl. The maximum atomic E-state index is 11.2. The third kappa shape index (κ3) is 4.19. The summed E-state index contributed by atoms with van der Waals surface area (Å²) in [5.41, 5.74) is 1.86. The van der Waals surface area contributed by atoms with Gasteiger partial charge in [-0.2, -0.15) is 5.10 Å². The lowest BCUT2D eigenvalue weighted by Crippen LogP contribution is -2.30. The van der Waals surface area contributed by atoms with Crippen LogP contribution in [0.25, 0.3) is 0 Å². The molecule has 0 fully saturated rings. The number of halogens is 2. The number of alkyl halides is 1. The first-order chi connectivity index (χ1) is 9.04. The molecule has 1 heterocycles. The number of carbonyl (C=O) groups is 1. The molecule has 0 spiro atoms. The maximum Gasteiger partial charge on any atom is 0.320 e. The molecule has 1 rings (SSSR count). The number of aryl methyl sites for hydroxylation is 2. The van der Waals surface area contributed by atoms with Crippen LogP contribution >= 0.6 is 27.5 Å². The summed E-state index contributed by atoms with van der Waals surface area (Å²) in [4.78, 5) is 10.9. The Kier molecular flexibility index (Phi) is 6.82. The highest BCUT2D eigenvalue weighted by Gasteiger charge is 2.17. The van der Waals surface area contributed by atoms with Crippen molar-refractivity contribution in [3.05, 3.63) is 16.4 Å². The van der Waals surface area contributed by atoms with Crippen LogP contribution in [0.1, 0.15) is 25.2 Å². The molecule has 1 N–H and O–H groups in total. The second kappa shape index (κ2) is 7.87. The Balaban J connectivity index is 2.62. The Bertz CT molecular complexity index is 437. The van der Waals surface area contributed by atoms with Crippen LogP contribution in [0.3, 0.4) is 0 Å². The molecule has 0 aliphatic rings. The molecule has 0 saturated heterocycles. The van der Waals surface area contributed by atoms with E-state index in [-0.39, 0.29) is 10.8 Å². The van der Waals surface area contributed by atoms with Crippen molar-refractivity contribution >= 4 is 33.5 Å². The van der Waals surface area contributed by atoms with Crippen LogP contribution in [0.5, 0.6) is 0 Å². The Hall–Kier alpha value is -0.590. The summed E-state index contributed by atoms with van der Waals surface area (Å²) in [6.07, 6.45) is 0.808. The second-order valence-corrected chi connectivity index (χ2v) is 5.48. The minimum Gasteiger partial charge on any atom is -0.468 e.